The van der Waals surface area contributed by atoms with Gasteiger partial charge in [-0.3, -0.25) is 0 Å². The third-order valence-corrected chi connectivity index (χ3v) is 5.87. The molecule has 0 amide bonds. The van der Waals surface area contributed by atoms with Crippen LogP contribution in [0.4, 0.5) is 5.82 Å². The van der Waals surface area contributed by atoms with Gasteiger partial charge >= 0.3 is 0 Å². The van der Waals surface area contributed by atoms with Crippen molar-refractivity contribution in [3.8, 4) is 0 Å². The summed E-state index contributed by atoms with van der Waals surface area (Å²) in [5.41, 5.74) is 8.21. The molecular weight excluding hydrogens is 286 g/mol. The summed E-state index contributed by atoms with van der Waals surface area (Å²) in [6.45, 7) is 6.57. The average Bonchev–Trinajstić information content (AvgIpc) is 2.39. The van der Waals surface area contributed by atoms with Crippen LogP contribution in [-0.4, -0.2) is 43.5 Å². The number of anilines is 1. The van der Waals surface area contributed by atoms with Crippen LogP contribution >= 0.6 is 0 Å². The number of nitrogens with two attached hydrogens (primary N) is 1. The van der Waals surface area contributed by atoms with Gasteiger partial charge in [0, 0.05) is 24.8 Å². The first-order valence-electron chi connectivity index (χ1n) is 7.50. The summed E-state index contributed by atoms with van der Waals surface area (Å²) in [5.74, 6) is 1.31. The van der Waals surface area contributed by atoms with Crippen LogP contribution in [0.5, 0.6) is 0 Å². The molecule has 2 unspecified atom stereocenters. The van der Waals surface area contributed by atoms with Gasteiger partial charge in [0.2, 0.25) is 0 Å². The first kappa shape index (κ1) is 16.2. The topological polar surface area (TPSA) is 76.3 Å². The zero-order valence-corrected chi connectivity index (χ0v) is 13.9. The van der Waals surface area contributed by atoms with Gasteiger partial charge in [0.1, 0.15) is 5.82 Å². The van der Waals surface area contributed by atoms with Gasteiger partial charge in [-0.05, 0) is 37.8 Å². The lowest BCUT2D eigenvalue weighted by Crippen LogP contribution is -2.47. The van der Waals surface area contributed by atoms with Crippen molar-refractivity contribution in [2.45, 2.75) is 45.7 Å². The molecule has 6 heteroatoms. The summed E-state index contributed by atoms with van der Waals surface area (Å²) in [6, 6.07) is 2.25. The average molecular weight is 311 g/mol. The van der Waals surface area contributed by atoms with Crippen molar-refractivity contribution in [2.75, 3.05) is 23.0 Å². The quantitative estimate of drug-likeness (QED) is 0.907. The molecule has 0 aliphatic carbocycles. The number of sulfone groups is 1. The van der Waals surface area contributed by atoms with Gasteiger partial charge in [-0.1, -0.05) is 13.0 Å². The van der Waals surface area contributed by atoms with E-state index in [2.05, 4.69) is 22.9 Å². The molecule has 1 aliphatic heterocycles. The lowest BCUT2D eigenvalue weighted by molar-refractivity contribution is 0.566. The van der Waals surface area contributed by atoms with Crippen molar-refractivity contribution in [2.24, 2.45) is 5.73 Å². The number of hydrogen-bond acceptors (Lipinski definition) is 5. The highest BCUT2D eigenvalue weighted by atomic mass is 32.2. The smallest absolute Gasteiger partial charge is 0.154 e. The Morgan fingerprint density at radius 3 is 2.81 bits per heavy atom. The van der Waals surface area contributed by atoms with Crippen LogP contribution in [0.1, 0.15) is 31.4 Å². The Labute approximate surface area is 127 Å². The van der Waals surface area contributed by atoms with Gasteiger partial charge in [-0.15, -0.1) is 0 Å². The van der Waals surface area contributed by atoms with Crippen molar-refractivity contribution in [1.29, 1.82) is 0 Å². The van der Waals surface area contributed by atoms with Crippen LogP contribution in [0.3, 0.4) is 0 Å². The van der Waals surface area contributed by atoms with Gasteiger partial charge in [-0.2, -0.15) is 0 Å². The Morgan fingerprint density at radius 1 is 1.52 bits per heavy atom. The molecule has 5 nitrogen and oxygen atoms in total. The molecule has 1 fully saturated rings. The standard InChI is InChI=1S/C15H25N3O2S/c1-4-14(16)8-13-7-11(2)15(17-9-13)18-5-6-21(19,20)10-12(18)3/h7,9,12,14H,4-6,8,10,16H2,1-3H3. The summed E-state index contributed by atoms with van der Waals surface area (Å²) >= 11 is 0. The summed E-state index contributed by atoms with van der Waals surface area (Å²) in [4.78, 5) is 6.66. The molecule has 2 heterocycles. The summed E-state index contributed by atoms with van der Waals surface area (Å²) < 4.78 is 23.3. The zero-order valence-electron chi connectivity index (χ0n) is 13.0. The predicted molar refractivity (Wildman–Crippen MR) is 86.4 cm³/mol. The Balaban J connectivity index is 2.18. The Morgan fingerprint density at radius 2 is 2.24 bits per heavy atom. The lowest BCUT2D eigenvalue weighted by Gasteiger charge is -2.35. The van der Waals surface area contributed by atoms with Crippen LogP contribution in [-0.2, 0) is 16.3 Å². The monoisotopic (exact) mass is 311 g/mol. The highest BCUT2D eigenvalue weighted by molar-refractivity contribution is 7.91. The summed E-state index contributed by atoms with van der Waals surface area (Å²) in [6.07, 6.45) is 3.64. The minimum atomic E-state index is -2.90. The van der Waals surface area contributed by atoms with Gasteiger partial charge in [0.05, 0.1) is 11.5 Å². The third kappa shape index (κ3) is 3.95. The van der Waals surface area contributed by atoms with E-state index in [1.807, 2.05) is 20.0 Å². The second kappa shape index (κ2) is 6.32. The number of hydrogen-bond donors (Lipinski definition) is 1. The fraction of sp³-hybridized carbons (Fsp3) is 0.667. The van der Waals surface area contributed by atoms with Crippen LogP contribution in [0.25, 0.3) is 0 Å². The Hall–Kier alpha value is -1.14. The maximum atomic E-state index is 11.7. The second-order valence-corrected chi connectivity index (χ2v) is 8.24. The van der Waals surface area contributed by atoms with Gasteiger partial charge < -0.3 is 10.6 Å². The van der Waals surface area contributed by atoms with Crippen LogP contribution in [0.15, 0.2) is 12.3 Å². The van der Waals surface area contributed by atoms with E-state index in [4.69, 9.17) is 5.73 Å². The van der Waals surface area contributed by atoms with Gasteiger partial charge in [0.25, 0.3) is 0 Å². The van der Waals surface area contributed by atoms with E-state index < -0.39 is 9.84 Å². The fourth-order valence-electron chi connectivity index (χ4n) is 2.80. The van der Waals surface area contributed by atoms with Gasteiger partial charge in [-0.25, -0.2) is 13.4 Å². The van der Waals surface area contributed by atoms with E-state index in [-0.39, 0.29) is 23.6 Å². The fourth-order valence-corrected chi connectivity index (χ4v) is 4.35. The first-order chi connectivity index (χ1) is 9.82. The molecule has 1 aromatic rings. The number of rotatable bonds is 4. The van der Waals surface area contributed by atoms with Crippen molar-refractivity contribution in [1.82, 2.24) is 4.98 Å². The van der Waals surface area contributed by atoms with E-state index in [9.17, 15) is 8.42 Å². The molecule has 2 N–H and O–H groups in total. The molecule has 2 rings (SSSR count). The molecule has 0 aromatic carbocycles. The van der Waals surface area contributed by atoms with Crippen LogP contribution < -0.4 is 10.6 Å². The van der Waals surface area contributed by atoms with Crippen LogP contribution in [0, 0.1) is 6.92 Å². The minimum absolute atomic E-state index is 0.0290. The normalized spacial score (nSPS) is 23.0. The zero-order chi connectivity index (χ0) is 15.6. The number of nitrogens with zero attached hydrogens (tertiary/aromatic N) is 2. The molecule has 0 spiro atoms. The van der Waals surface area contributed by atoms with E-state index >= 15 is 0 Å². The molecule has 0 radical (unpaired) electrons. The van der Waals surface area contributed by atoms with E-state index in [0.29, 0.717) is 6.54 Å². The molecule has 1 aromatic heterocycles. The van der Waals surface area contributed by atoms with Crippen molar-refractivity contribution < 1.29 is 8.42 Å². The molecule has 1 aliphatic rings. The lowest BCUT2D eigenvalue weighted by atomic mass is 10.0. The summed E-state index contributed by atoms with van der Waals surface area (Å²) in [7, 11) is -2.90. The molecule has 0 bridgehead atoms. The Bertz CT molecular complexity index is 601. The highest BCUT2D eigenvalue weighted by Gasteiger charge is 2.29. The molecule has 0 saturated carbocycles. The van der Waals surface area contributed by atoms with Crippen molar-refractivity contribution >= 4 is 15.7 Å². The highest BCUT2D eigenvalue weighted by Crippen LogP contribution is 2.24. The SMILES string of the molecule is CCC(N)Cc1cnc(N2CCS(=O)(=O)CC2C)c(C)c1. The third-order valence-electron chi connectivity index (χ3n) is 4.07. The first-order valence-corrected chi connectivity index (χ1v) is 9.32. The van der Waals surface area contributed by atoms with Crippen molar-refractivity contribution in [3.05, 3.63) is 23.4 Å². The molecule has 118 valence electrons. The molecule has 2 atom stereocenters. The van der Waals surface area contributed by atoms with E-state index in [1.54, 1.807) is 0 Å². The van der Waals surface area contributed by atoms with Crippen molar-refractivity contribution in [3.63, 3.8) is 0 Å². The molecule has 21 heavy (non-hydrogen) atoms. The van der Waals surface area contributed by atoms with Gasteiger partial charge in [0.15, 0.2) is 9.84 Å². The maximum absolute atomic E-state index is 11.7. The Kier molecular flexibility index (Phi) is 4.88. The molecular formula is C15H25N3O2S. The number of aromatic nitrogens is 1. The minimum Gasteiger partial charge on any atom is -0.352 e. The summed E-state index contributed by atoms with van der Waals surface area (Å²) in [5, 5.41) is 0. The van der Waals surface area contributed by atoms with E-state index in [1.165, 1.54) is 0 Å². The largest absolute Gasteiger partial charge is 0.352 e. The second-order valence-electron chi connectivity index (χ2n) is 6.01. The maximum Gasteiger partial charge on any atom is 0.154 e. The predicted octanol–water partition coefficient (Wildman–Crippen LogP) is 1.29. The molecule has 1 saturated heterocycles. The number of pyridine rings is 1. The van der Waals surface area contributed by atoms with E-state index in [0.717, 1.165) is 29.8 Å². The number of aryl methyl sites for hydroxylation is 1. The van der Waals surface area contributed by atoms with Crippen LogP contribution in [0.2, 0.25) is 0 Å².